The van der Waals surface area contributed by atoms with Crippen molar-refractivity contribution in [2.75, 3.05) is 26.2 Å². The van der Waals surface area contributed by atoms with Crippen LogP contribution >= 0.6 is 0 Å². The monoisotopic (exact) mass is 456 g/mol. The highest BCUT2D eigenvalue weighted by atomic mass is 16.7. The topological polar surface area (TPSA) is 108 Å². The molecule has 9 nitrogen and oxygen atoms in total. The zero-order chi connectivity index (χ0) is 23.2. The Labute approximate surface area is 193 Å². The number of hydrogen-bond donors (Lipinski definition) is 2. The van der Waals surface area contributed by atoms with E-state index in [-0.39, 0.29) is 17.7 Å². The Kier molecular flexibility index (Phi) is 7.49. The van der Waals surface area contributed by atoms with Gasteiger partial charge < -0.3 is 20.0 Å². The van der Waals surface area contributed by atoms with Crippen LogP contribution in [0.3, 0.4) is 0 Å². The van der Waals surface area contributed by atoms with Crippen molar-refractivity contribution in [3.63, 3.8) is 0 Å². The fraction of sp³-hybridized carbons (Fsp3) is 0.542. The predicted octanol–water partition coefficient (Wildman–Crippen LogP) is 2.50. The smallest absolute Gasteiger partial charge is 0.338 e. The van der Waals surface area contributed by atoms with Crippen molar-refractivity contribution in [3.8, 4) is 11.8 Å². The number of hydrogen-bond acceptors (Lipinski definition) is 7. The van der Waals surface area contributed by atoms with E-state index in [2.05, 4.69) is 16.0 Å². The first-order valence-electron chi connectivity index (χ1n) is 11.8. The van der Waals surface area contributed by atoms with Crippen LogP contribution in [-0.4, -0.2) is 67.8 Å². The maximum absolute atomic E-state index is 12.6. The number of amides is 1. The van der Waals surface area contributed by atoms with Gasteiger partial charge in [0.2, 0.25) is 17.7 Å². The highest BCUT2D eigenvalue weighted by Gasteiger charge is 2.33. The third kappa shape index (κ3) is 5.65. The quantitative estimate of drug-likeness (QED) is 0.558. The van der Waals surface area contributed by atoms with Gasteiger partial charge in [-0.15, -0.1) is 4.73 Å². The Morgan fingerprint density at radius 1 is 1.06 bits per heavy atom. The fourth-order valence-corrected chi connectivity index (χ4v) is 4.81. The van der Waals surface area contributed by atoms with Crippen LogP contribution in [0.2, 0.25) is 0 Å². The van der Waals surface area contributed by atoms with Crippen LogP contribution in [0.5, 0.6) is 11.8 Å². The summed E-state index contributed by atoms with van der Waals surface area (Å²) in [4.78, 5) is 38.4. The molecule has 1 amide bonds. The molecule has 2 N–H and O–H groups in total. The molecule has 1 unspecified atom stereocenters. The molecule has 0 radical (unpaired) electrons. The highest BCUT2D eigenvalue weighted by molar-refractivity contribution is 5.79. The van der Waals surface area contributed by atoms with Gasteiger partial charge in [-0.25, -0.2) is 4.79 Å². The van der Waals surface area contributed by atoms with Crippen molar-refractivity contribution < 1.29 is 24.6 Å². The SMILES string of the molecule is O=C(On1c(O)ccc1O)C1CCN(C(=O)CCCCCN2CCC[C@H]2c2cccnc2)C1. The fourth-order valence-electron chi connectivity index (χ4n) is 4.81. The van der Waals surface area contributed by atoms with Gasteiger partial charge in [-0.05, 0) is 56.8 Å². The van der Waals surface area contributed by atoms with Gasteiger partial charge in [0.1, 0.15) is 0 Å². The van der Waals surface area contributed by atoms with Crippen LogP contribution in [0.4, 0.5) is 0 Å². The normalized spacial score (nSPS) is 20.9. The van der Waals surface area contributed by atoms with Gasteiger partial charge in [0.05, 0.1) is 5.92 Å². The Morgan fingerprint density at radius 2 is 1.88 bits per heavy atom. The van der Waals surface area contributed by atoms with Crippen molar-refractivity contribution >= 4 is 11.9 Å². The third-order valence-electron chi connectivity index (χ3n) is 6.62. The Bertz CT molecular complexity index is 928. The minimum absolute atomic E-state index is 0.0615. The van der Waals surface area contributed by atoms with Crippen LogP contribution in [0, 0.1) is 5.92 Å². The van der Waals surface area contributed by atoms with E-state index in [1.165, 1.54) is 30.5 Å². The molecule has 2 aliphatic rings. The lowest BCUT2D eigenvalue weighted by atomic mass is 10.1. The summed E-state index contributed by atoms with van der Waals surface area (Å²) in [6.45, 7) is 2.97. The van der Waals surface area contributed by atoms with Gasteiger partial charge in [-0.1, -0.05) is 12.5 Å². The van der Waals surface area contributed by atoms with Crippen LogP contribution in [0.25, 0.3) is 0 Å². The Morgan fingerprint density at radius 3 is 2.64 bits per heavy atom. The number of nitrogens with zero attached hydrogens (tertiary/aromatic N) is 4. The molecule has 0 bridgehead atoms. The molecular formula is C24H32N4O5. The molecule has 0 aliphatic carbocycles. The second-order valence-electron chi connectivity index (χ2n) is 8.87. The van der Waals surface area contributed by atoms with Crippen molar-refractivity contribution in [2.45, 2.75) is 51.0 Å². The summed E-state index contributed by atoms with van der Waals surface area (Å²) in [6.07, 6.45) is 10.0. The predicted molar refractivity (Wildman–Crippen MR) is 120 cm³/mol. The molecular weight excluding hydrogens is 424 g/mol. The minimum Gasteiger partial charge on any atom is -0.492 e. The molecule has 4 rings (SSSR count). The summed E-state index contributed by atoms with van der Waals surface area (Å²) in [5.41, 5.74) is 1.29. The van der Waals surface area contributed by atoms with Gasteiger partial charge in [0, 0.05) is 50.1 Å². The van der Waals surface area contributed by atoms with Gasteiger partial charge in [-0.3, -0.25) is 14.7 Å². The summed E-state index contributed by atoms with van der Waals surface area (Å²) in [5.74, 6) is -1.68. The second kappa shape index (κ2) is 10.7. The molecule has 0 aromatic carbocycles. The molecule has 2 aromatic rings. The minimum atomic E-state index is -0.569. The molecule has 0 saturated carbocycles. The largest absolute Gasteiger partial charge is 0.492 e. The average molecular weight is 457 g/mol. The zero-order valence-corrected chi connectivity index (χ0v) is 18.8. The van der Waals surface area contributed by atoms with E-state index in [1.807, 2.05) is 18.5 Å². The van der Waals surface area contributed by atoms with Crippen molar-refractivity contribution in [1.29, 1.82) is 0 Å². The third-order valence-corrected chi connectivity index (χ3v) is 6.62. The highest BCUT2D eigenvalue weighted by Crippen LogP contribution is 2.31. The van der Waals surface area contributed by atoms with Crippen LogP contribution in [0.15, 0.2) is 36.7 Å². The molecule has 2 aromatic heterocycles. The van der Waals surface area contributed by atoms with E-state index in [1.54, 1.807) is 4.90 Å². The van der Waals surface area contributed by atoms with Gasteiger partial charge in [0.15, 0.2) is 0 Å². The second-order valence-corrected chi connectivity index (χ2v) is 8.87. The molecule has 2 saturated heterocycles. The number of pyridine rings is 1. The first-order chi connectivity index (χ1) is 16.0. The molecule has 178 valence electrons. The van der Waals surface area contributed by atoms with Gasteiger partial charge in [0.25, 0.3) is 0 Å². The number of unbranched alkanes of at least 4 members (excludes halogenated alkanes) is 2. The number of aromatic hydroxyl groups is 2. The Balaban J connectivity index is 1.14. The molecule has 4 heterocycles. The molecule has 9 heteroatoms. The number of aromatic nitrogens is 2. The maximum atomic E-state index is 12.6. The lowest BCUT2D eigenvalue weighted by molar-refractivity contribution is -0.150. The van der Waals surface area contributed by atoms with Crippen LogP contribution in [0.1, 0.15) is 56.6 Å². The molecule has 2 atom stereocenters. The standard InChI is InChI=1S/C24H32N4O5/c29-21(27-15-11-19(17-27)24(32)33-28-22(30)9-10-23(28)31)8-2-1-3-13-26-14-5-7-20(26)18-6-4-12-25-16-18/h4,6,9-10,12,16,19-20,30-31H,1-3,5,7-8,11,13-15,17H2/t19?,20-/m0/s1. The van der Waals surface area contributed by atoms with Gasteiger partial charge >= 0.3 is 5.97 Å². The van der Waals surface area contributed by atoms with Gasteiger partial charge in [-0.2, -0.15) is 0 Å². The molecule has 2 fully saturated rings. The van der Waals surface area contributed by atoms with E-state index in [0.29, 0.717) is 36.7 Å². The van der Waals surface area contributed by atoms with E-state index in [4.69, 9.17) is 4.84 Å². The lowest BCUT2D eigenvalue weighted by Crippen LogP contribution is -2.32. The van der Waals surface area contributed by atoms with E-state index >= 15 is 0 Å². The van der Waals surface area contributed by atoms with Crippen molar-refractivity contribution in [1.82, 2.24) is 19.5 Å². The number of likely N-dealkylation sites (tertiary alicyclic amines) is 2. The molecule has 0 spiro atoms. The summed E-state index contributed by atoms with van der Waals surface area (Å²) in [7, 11) is 0. The Hall–Kier alpha value is -3.07. The first-order valence-corrected chi connectivity index (χ1v) is 11.8. The average Bonchev–Trinajstić information content (AvgIpc) is 3.56. The van der Waals surface area contributed by atoms with E-state index in [0.717, 1.165) is 32.4 Å². The molecule has 33 heavy (non-hydrogen) atoms. The summed E-state index contributed by atoms with van der Waals surface area (Å²) in [5, 5.41) is 19.2. The summed E-state index contributed by atoms with van der Waals surface area (Å²) < 4.78 is 0.687. The molecule has 2 aliphatic heterocycles. The number of carbonyl (C=O) groups is 2. The first kappa shape index (κ1) is 23.1. The summed E-state index contributed by atoms with van der Waals surface area (Å²) in [6, 6.07) is 7.06. The van der Waals surface area contributed by atoms with Crippen LogP contribution < -0.4 is 4.84 Å². The lowest BCUT2D eigenvalue weighted by Gasteiger charge is -2.24. The van der Waals surface area contributed by atoms with Crippen LogP contribution in [-0.2, 0) is 9.59 Å². The van der Waals surface area contributed by atoms with Crippen molar-refractivity contribution in [3.05, 3.63) is 42.2 Å². The van der Waals surface area contributed by atoms with E-state index in [9.17, 15) is 19.8 Å². The number of rotatable bonds is 9. The van der Waals surface area contributed by atoms with E-state index < -0.39 is 11.9 Å². The summed E-state index contributed by atoms with van der Waals surface area (Å²) >= 11 is 0. The maximum Gasteiger partial charge on any atom is 0.338 e. The van der Waals surface area contributed by atoms with Crippen molar-refractivity contribution in [2.24, 2.45) is 5.92 Å². The number of carbonyl (C=O) groups excluding carboxylic acids is 2. The zero-order valence-electron chi connectivity index (χ0n) is 18.8.